The number of hydrogen-bond acceptors (Lipinski definition) is 4. The molecule has 0 heterocycles. The lowest BCUT2D eigenvalue weighted by molar-refractivity contribution is -0.114. The number of hydrogen-bond donors (Lipinski definition) is 3. The van der Waals surface area contributed by atoms with Crippen LogP contribution in [0.1, 0.15) is 75.1 Å². The molecule has 0 aromatic heterocycles. The van der Waals surface area contributed by atoms with Gasteiger partial charge in [-0.25, -0.2) is 0 Å². The Balaban J connectivity index is 1.45. The van der Waals surface area contributed by atoms with Crippen molar-refractivity contribution in [3.63, 3.8) is 0 Å². The normalized spacial score (nSPS) is 13.8. The third kappa shape index (κ3) is 8.56. The van der Waals surface area contributed by atoms with Crippen molar-refractivity contribution in [3.05, 3.63) is 53.1 Å². The van der Waals surface area contributed by atoms with Crippen LogP contribution in [0.3, 0.4) is 0 Å². The molecule has 184 valence electrons. The molecule has 1 saturated carbocycles. The summed E-state index contributed by atoms with van der Waals surface area (Å²) in [6, 6.07) is 12.7. The van der Waals surface area contributed by atoms with Crippen LogP contribution in [0.5, 0.6) is 5.75 Å². The summed E-state index contributed by atoms with van der Waals surface area (Å²) in [7, 11) is 0. The Morgan fingerprint density at radius 3 is 2.44 bits per heavy atom. The highest BCUT2D eigenvalue weighted by atomic mass is 35.5. The van der Waals surface area contributed by atoms with E-state index in [2.05, 4.69) is 22.9 Å². The van der Waals surface area contributed by atoms with Crippen molar-refractivity contribution in [2.75, 3.05) is 23.8 Å². The summed E-state index contributed by atoms with van der Waals surface area (Å²) in [5.74, 6) is 0.419. The monoisotopic (exact) mass is 485 g/mol. The van der Waals surface area contributed by atoms with E-state index in [4.69, 9.17) is 16.3 Å². The third-order valence-corrected chi connectivity index (χ3v) is 6.34. The summed E-state index contributed by atoms with van der Waals surface area (Å²) in [5, 5.41) is 9.38. The maximum atomic E-state index is 12.7. The molecule has 1 aliphatic rings. The predicted octanol–water partition coefficient (Wildman–Crippen LogP) is 6.41. The number of ether oxygens (including phenoxy) is 1. The number of rotatable bonds is 12. The Morgan fingerprint density at radius 1 is 0.971 bits per heavy atom. The van der Waals surface area contributed by atoms with Gasteiger partial charge >= 0.3 is 0 Å². The number of amides is 2. The van der Waals surface area contributed by atoms with Gasteiger partial charge in [0.05, 0.1) is 23.7 Å². The molecule has 2 aromatic carbocycles. The van der Waals surface area contributed by atoms with Gasteiger partial charge in [-0.05, 0) is 61.7 Å². The van der Waals surface area contributed by atoms with Gasteiger partial charge in [-0.1, -0.05) is 57.0 Å². The second kappa shape index (κ2) is 13.9. The highest BCUT2D eigenvalue weighted by Crippen LogP contribution is 2.23. The van der Waals surface area contributed by atoms with Crippen LogP contribution in [-0.2, 0) is 4.79 Å². The van der Waals surface area contributed by atoms with E-state index < -0.39 is 0 Å². The number of unbranched alkanes of at least 4 members (excludes halogenated alkanes) is 3. The average molecular weight is 486 g/mol. The standard InChI is InChI=1S/C27H36ClN3O3/c1-2-3-4-8-17-34-23-14-11-20(12-15-23)29-19-26(32)30-22-13-16-25(28)24(18-22)27(33)31-21-9-6-5-7-10-21/h11-16,18,21,29H,2-10,17,19H2,1H3,(H,30,32)(H,31,33). The van der Waals surface area contributed by atoms with Crippen molar-refractivity contribution in [2.45, 2.75) is 70.8 Å². The van der Waals surface area contributed by atoms with Crippen LogP contribution in [0.25, 0.3) is 0 Å². The van der Waals surface area contributed by atoms with Crippen molar-refractivity contribution >= 4 is 34.8 Å². The predicted molar refractivity (Wildman–Crippen MR) is 139 cm³/mol. The van der Waals surface area contributed by atoms with Gasteiger partial charge < -0.3 is 20.7 Å². The molecule has 0 radical (unpaired) electrons. The molecule has 1 aliphatic carbocycles. The fourth-order valence-corrected chi connectivity index (χ4v) is 4.27. The van der Waals surface area contributed by atoms with Gasteiger partial charge in [0, 0.05) is 17.4 Å². The number of carbonyl (C=O) groups excluding carboxylic acids is 2. The average Bonchev–Trinajstić information content (AvgIpc) is 2.85. The summed E-state index contributed by atoms with van der Waals surface area (Å²) in [4.78, 5) is 25.1. The lowest BCUT2D eigenvalue weighted by atomic mass is 9.95. The first kappa shape index (κ1) is 25.9. The molecular formula is C27H36ClN3O3. The zero-order valence-corrected chi connectivity index (χ0v) is 20.8. The molecule has 2 amide bonds. The highest BCUT2D eigenvalue weighted by molar-refractivity contribution is 6.34. The Hall–Kier alpha value is -2.73. The fourth-order valence-electron chi connectivity index (χ4n) is 4.06. The molecule has 0 spiro atoms. The molecule has 0 atom stereocenters. The van der Waals surface area contributed by atoms with Crippen molar-refractivity contribution < 1.29 is 14.3 Å². The molecule has 7 heteroatoms. The lowest BCUT2D eigenvalue weighted by Gasteiger charge is -2.23. The third-order valence-electron chi connectivity index (χ3n) is 6.01. The summed E-state index contributed by atoms with van der Waals surface area (Å²) in [6.07, 6.45) is 10.2. The molecule has 3 rings (SSSR count). The summed E-state index contributed by atoms with van der Waals surface area (Å²) >= 11 is 6.26. The molecule has 0 bridgehead atoms. The molecule has 6 nitrogen and oxygen atoms in total. The molecule has 0 aliphatic heterocycles. The van der Waals surface area contributed by atoms with Crippen LogP contribution in [0.4, 0.5) is 11.4 Å². The first-order valence-corrected chi connectivity index (χ1v) is 12.8. The van der Waals surface area contributed by atoms with Crippen LogP contribution in [-0.4, -0.2) is 31.0 Å². The summed E-state index contributed by atoms with van der Waals surface area (Å²) in [6.45, 7) is 3.01. The van der Waals surface area contributed by atoms with E-state index in [1.54, 1.807) is 18.2 Å². The first-order chi connectivity index (χ1) is 16.5. The minimum atomic E-state index is -0.211. The SMILES string of the molecule is CCCCCCOc1ccc(NCC(=O)Nc2ccc(Cl)c(C(=O)NC3CCCCC3)c2)cc1. The van der Waals surface area contributed by atoms with Gasteiger partial charge in [-0.15, -0.1) is 0 Å². The lowest BCUT2D eigenvalue weighted by Crippen LogP contribution is -2.36. The topological polar surface area (TPSA) is 79.5 Å². The molecule has 34 heavy (non-hydrogen) atoms. The zero-order valence-electron chi connectivity index (χ0n) is 20.0. The second-order valence-electron chi connectivity index (χ2n) is 8.84. The minimum absolute atomic E-state index is 0.101. The van der Waals surface area contributed by atoms with Crippen LogP contribution >= 0.6 is 11.6 Å². The van der Waals surface area contributed by atoms with Crippen LogP contribution in [0.2, 0.25) is 5.02 Å². The molecule has 1 fully saturated rings. The van der Waals surface area contributed by atoms with Gasteiger partial charge in [0.15, 0.2) is 0 Å². The van der Waals surface area contributed by atoms with Gasteiger partial charge in [-0.2, -0.15) is 0 Å². The Morgan fingerprint density at radius 2 is 1.71 bits per heavy atom. The van der Waals surface area contributed by atoms with E-state index >= 15 is 0 Å². The van der Waals surface area contributed by atoms with E-state index in [1.165, 1.54) is 25.7 Å². The number of anilines is 2. The quantitative estimate of drug-likeness (QED) is 0.303. The fraction of sp³-hybridized carbons (Fsp3) is 0.481. The Labute approximate surface area is 207 Å². The molecular weight excluding hydrogens is 450 g/mol. The van der Waals surface area contributed by atoms with Gasteiger partial charge in [0.2, 0.25) is 5.91 Å². The highest BCUT2D eigenvalue weighted by Gasteiger charge is 2.19. The smallest absolute Gasteiger partial charge is 0.253 e. The van der Waals surface area contributed by atoms with Crippen molar-refractivity contribution in [1.29, 1.82) is 0 Å². The van der Waals surface area contributed by atoms with Gasteiger partial charge in [0.25, 0.3) is 5.91 Å². The van der Waals surface area contributed by atoms with Crippen LogP contribution in [0.15, 0.2) is 42.5 Å². The molecule has 0 unspecified atom stereocenters. The molecule has 3 N–H and O–H groups in total. The van der Waals surface area contributed by atoms with Gasteiger partial charge in [-0.3, -0.25) is 9.59 Å². The van der Waals surface area contributed by atoms with Crippen molar-refractivity contribution in [1.82, 2.24) is 5.32 Å². The van der Waals surface area contributed by atoms with E-state index in [9.17, 15) is 9.59 Å². The summed E-state index contributed by atoms with van der Waals surface area (Å²) < 4.78 is 5.75. The zero-order chi connectivity index (χ0) is 24.2. The first-order valence-electron chi connectivity index (χ1n) is 12.4. The molecule has 0 saturated heterocycles. The maximum Gasteiger partial charge on any atom is 0.253 e. The van der Waals surface area contributed by atoms with Crippen molar-refractivity contribution in [3.8, 4) is 5.75 Å². The number of halogens is 1. The summed E-state index contributed by atoms with van der Waals surface area (Å²) in [5.41, 5.74) is 1.75. The van der Waals surface area contributed by atoms with E-state index in [0.717, 1.165) is 50.1 Å². The van der Waals surface area contributed by atoms with Crippen LogP contribution < -0.4 is 20.7 Å². The second-order valence-corrected chi connectivity index (χ2v) is 9.25. The Kier molecular flexibility index (Phi) is 10.5. The largest absolute Gasteiger partial charge is 0.494 e. The van der Waals surface area contributed by atoms with E-state index in [-0.39, 0.29) is 24.4 Å². The van der Waals surface area contributed by atoms with Crippen LogP contribution in [0, 0.1) is 0 Å². The van der Waals surface area contributed by atoms with Gasteiger partial charge in [0.1, 0.15) is 5.75 Å². The van der Waals surface area contributed by atoms with E-state index in [1.807, 2.05) is 24.3 Å². The minimum Gasteiger partial charge on any atom is -0.494 e. The van der Waals surface area contributed by atoms with Crippen molar-refractivity contribution in [2.24, 2.45) is 0 Å². The Bertz CT molecular complexity index is 927. The molecule has 2 aromatic rings. The van der Waals surface area contributed by atoms with E-state index in [0.29, 0.717) is 16.3 Å². The number of carbonyl (C=O) groups is 2. The number of nitrogens with one attached hydrogen (secondary N) is 3. The number of benzene rings is 2. The maximum absolute atomic E-state index is 12.7.